The molecule has 3 N–H and O–H groups in total. The fraction of sp³-hybridized carbons (Fsp3) is 0.400. The van der Waals surface area contributed by atoms with Gasteiger partial charge in [-0.25, -0.2) is 4.99 Å². The van der Waals surface area contributed by atoms with Gasteiger partial charge in [0.2, 0.25) is 0 Å². The van der Waals surface area contributed by atoms with Gasteiger partial charge in [0, 0.05) is 23.8 Å². The number of aliphatic imine (C=N–C) groups is 1. The Morgan fingerprint density at radius 3 is 2.85 bits per heavy atom. The lowest BCUT2D eigenvalue weighted by Gasteiger charge is -2.09. The second-order valence-electron chi connectivity index (χ2n) is 5.00. The van der Waals surface area contributed by atoms with Crippen molar-refractivity contribution in [2.24, 2.45) is 4.99 Å². The summed E-state index contributed by atoms with van der Waals surface area (Å²) in [6, 6.07) is 11.1. The van der Waals surface area contributed by atoms with E-state index < -0.39 is 0 Å². The van der Waals surface area contributed by atoms with Crippen LogP contribution in [0.5, 0.6) is 0 Å². The van der Waals surface area contributed by atoms with Crippen LogP contribution in [0.15, 0.2) is 35.3 Å². The summed E-state index contributed by atoms with van der Waals surface area (Å²) in [5, 5.41) is 7.95. The molecule has 1 heterocycles. The van der Waals surface area contributed by atoms with E-state index in [4.69, 9.17) is 0 Å². The zero-order chi connectivity index (χ0) is 13.1. The van der Waals surface area contributed by atoms with Gasteiger partial charge in [-0.2, -0.15) is 0 Å². The highest BCUT2D eigenvalue weighted by Gasteiger charge is 2.21. The van der Waals surface area contributed by atoms with Crippen LogP contribution in [0.3, 0.4) is 0 Å². The highest BCUT2D eigenvalue weighted by Crippen LogP contribution is 2.18. The Hall–Kier alpha value is -1.24. The van der Waals surface area contributed by atoms with Gasteiger partial charge in [0.05, 0.1) is 6.54 Å². The Bertz CT molecular complexity index is 553. The van der Waals surface area contributed by atoms with Gasteiger partial charge in [-0.1, -0.05) is 18.2 Å². The third-order valence-electron chi connectivity index (χ3n) is 3.26. The molecule has 1 aliphatic carbocycles. The summed E-state index contributed by atoms with van der Waals surface area (Å²) >= 11 is 0. The normalized spacial score (nSPS) is 14.9. The van der Waals surface area contributed by atoms with E-state index in [1.54, 1.807) is 0 Å². The number of H-pyrrole nitrogens is 1. The van der Waals surface area contributed by atoms with Crippen molar-refractivity contribution in [2.75, 3.05) is 6.54 Å². The van der Waals surface area contributed by atoms with Gasteiger partial charge in [0.15, 0.2) is 5.96 Å². The van der Waals surface area contributed by atoms with Gasteiger partial charge in [-0.05, 0) is 37.3 Å². The minimum absolute atomic E-state index is 0. The average Bonchev–Trinajstić information content (AvgIpc) is 3.13. The van der Waals surface area contributed by atoms with Gasteiger partial charge in [-0.15, -0.1) is 24.0 Å². The standard InChI is InChI=1S/C15H20N4.HI/c1-2-16-15(19-12-7-8-12)17-10-13-9-11-5-3-4-6-14(11)18-13;/h3-6,9,12,18H,2,7-8,10H2,1H3,(H2,16,17,19);1H. The molecule has 20 heavy (non-hydrogen) atoms. The Balaban J connectivity index is 0.00000147. The first-order valence-corrected chi connectivity index (χ1v) is 6.96. The molecule has 1 fully saturated rings. The van der Waals surface area contributed by atoms with Crippen molar-refractivity contribution < 1.29 is 0 Å². The van der Waals surface area contributed by atoms with Gasteiger partial charge < -0.3 is 15.6 Å². The molecule has 0 atom stereocenters. The van der Waals surface area contributed by atoms with Crippen LogP contribution in [0.1, 0.15) is 25.5 Å². The van der Waals surface area contributed by atoms with E-state index in [-0.39, 0.29) is 24.0 Å². The average molecular weight is 384 g/mol. The number of hydrogen-bond donors (Lipinski definition) is 3. The zero-order valence-corrected chi connectivity index (χ0v) is 14.0. The van der Waals surface area contributed by atoms with Crippen molar-refractivity contribution in [3.8, 4) is 0 Å². The Kier molecular flexibility index (Phi) is 5.28. The van der Waals surface area contributed by atoms with Crippen LogP contribution < -0.4 is 10.6 Å². The van der Waals surface area contributed by atoms with Crippen molar-refractivity contribution in [2.45, 2.75) is 32.4 Å². The SMILES string of the molecule is CCNC(=NCc1cc2ccccc2[nH]1)NC1CC1.I. The Labute approximate surface area is 136 Å². The molecular weight excluding hydrogens is 363 g/mol. The zero-order valence-electron chi connectivity index (χ0n) is 11.6. The topological polar surface area (TPSA) is 52.2 Å². The summed E-state index contributed by atoms with van der Waals surface area (Å²) < 4.78 is 0. The molecule has 5 heteroatoms. The molecule has 4 nitrogen and oxygen atoms in total. The van der Waals surface area contributed by atoms with Crippen LogP contribution in [-0.2, 0) is 6.54 Å². The maximum atomic E-state index is 4.62. The first-order chi connectivity index (χ1) is 9.35. The minimum atomic E-state index is 0. The number of benzene rings is 1. The number of aromatic nitrogens is 1. The van der Waals surface area contributed by atoms with Gasteiger partial charge >= 0.3 is 0 Å². The van der Waals surface area contributed by atoms with Crippen LogP contribution in [0.2, 0.25) is 0 Å². The molecule has 0 saturated heterocycles. The fourth-order valence-electron chi connectivity index (χ4n) is 2.12. The van der Waals surface area contributed by atoms with Gasteiger partial charge in [0.1, 0.15) is 0 Å². The highest BCUT2D eigenvalue weighted by molar-refractivity contribution is 14.0. The molecule has 1 saturated carbocycles. The Morgan fingerprint density at radius 1 is 1.35 bits per heavy atom. The van der Waals surface area contributed by atoms with E-state index in [1.165, 1.54) is 23.7 Å². The number of nitrogens with zero attached hydrogens (tertiary/aromatic N) is 1. The van der Waals surface area contributed by atoms with Crippen molar-refractivity contribution in [3.05, 3.63) is 36.0 Å². The van der Waals surface area contributed by atoms with Crippen LogP contribution in [0.4, 0.5) is 0 Å². The number of para-hydroxylation sites is 1. The second kappa shape index (κ2) is 6.97. The predicted molar refractivity (Wildman–Crippen MR) is 94.7 cm³/mol. The van der Waals surface area contributed by atoms with Crippen LogP contribution in [0.25, 0.3) is 10.9 Å². The molecule has 0 aliphatic heterocycles. The maximum absolute atomic E-state index is 4.62. The number of aromatic amines is 1. The summed E-state index contributed by atoms with van der Waals surface area (Å²) in [7, 11) is 0. The number of nitrogens with one attached hydrogen (secondary N) is 3. The van der Waals surface area contributed by atoms with Gasteiger partial charge in [0.25, 0.3) is 0 Å². The number of guanidine groups is 1. The number of fused-ring (bicyclic) bond motifs is 1. The van der Waals surface area contributed by atoms with Crippen LogP contribution in [0, 0.1) is 0 Å². The number of halogens is 1. The van der Waals surface area contributed by atoms with Crippen LogP contribution in [-0.4, -0.2) is 23.5 Å². The predicted octanol–water partition coefficient (Wildman–Crippen LogP) is 3.00. The van der Waals surface area contributed by atoms with Crippen molar-refractivity contribution in [1.29, 1.82) is 0 Å². The lowest BCUT2D eigenvalue weighted by atomic mass is 10.2. The van der Waals surface area contributed by atoms with Crippen molar-refractivity contribution in [3.63, 3.8) is 0 Å². The lowest BCUT2D eigenvalue weighted by molar-refractivity contribution is 0.809. The number of rotatable bonds is 4. The minimum Gasteiger partial charge on any atom is -0.357 e. The fourth-order valence-corrected chi connectivity index (χ4v) is 2.12. The first-order valence-electron chi connectivity index (χ1n) is 6.96. The molecule has 1 aromatic heterocycles. The quantitative estimate of drug-likeness (QED) is 0.431. The largest absolute Gasteiger partial charge is 0.357 e. The summed E-state index contributed by atoms with van der Waals surface area (Å²) in [5.74, 6) is 0.920. The van der Waals surface area contributed by atoms with E-state index in [0.29, 0.717) is 12.6 Å². The molecule has 108 valence electrons. The molecule has 1 aromatic carbocycles. The molecule has 0 unspecified atom stereocenters. The number of hydrogen-bond acceptors (Lipinski definition) is 1. The highest BCUT2D eigenvalue weighted by atomic mass is 127. The smallest absolute Gasteiger partial charge is 0.191 e. The molecule has 3 rings (SSSR count). The molecule has 0 bridgehead atoms. The monoisotopic (exact) mass is 384 g/mol. The molecule has 0 radical (unpaired) electrons. The third kappa shape index (κ3) is 3.88. The van der Waals surface area contributed by atoms with Crippen molar-refractivity contribution in [1.82, 2.24) is 15.6 Å². The molecule has 0 amide bonds. The van der Waals surface area contributed by atoms with Crippen molar-refractivity contribution >= 4 is 40.8 Å². The maximum Gasteiger partial charge on any atom is 0.191 e. The molecule has 1 aliphatic rings. The van der Waals surface area contributed by atoms with E-state index in [9.17, 15) is 0 Å². The van der Waals surface area contributed by atoms with E-state index in [1.807, 2.05) is 6.07 Å². The van der Waals surface area contributed by atoms with E-state index in [0.717, 1.165) is 18.2 Å². The van der Waals surface area contributed by atoms with E-state index >= 15 is 0 Å². The third-order valence-corrected chi connectivity index (χ3v) is 3.26. The first kappa shape index (κ1) is 15.2. The molecule has 0 spiro atoms. The molecular formula is C15H21IN4. The lowest BCUT2D eigenvalue weighted by Crippen LogP contribution is -2.38. The molecule has 2 aromatic rings. The summed E-state index contributed by atoms with van der Waals surface area (Å²) in [5.41, 5.74) is 2.32. The second-order valence-corrected chi connectivity index (χ2v) is 5.00. The van der Waals surface area contributed by atoms with E-state index in [2.05, 4.69) is 51.8 Å². The van der Waals surface area contributed by atoms with Gasteiger partial charge in [-0.3, -0.25) is 0 Å². The summed E-state index contributed by atoms with van der Waals surface area (Å²) in [4.78, 5) is 8.02. The summed E-state index contributed by atoms with van der Waals surface area (Å²) in [6.45, 7) is 3.66. The Morgan fingerprint density at radius 2 is 2.15 bits per heavy atom. The summed E-state index contributed by atoms with van der Waals surface area (Å²) in [6.07, 6.45) is 2.52. The van der Waals surface area contributed by atoms with Crippen LogP contribution >= 0.6 is 24.0 Å².